The summed E-state index contributed by atoms with van der Waals surface area (Å²) >= 11 is 0. The van der Waals surface area contributed by atoms with E-state index in [-0.39, 0.29) is 42.4 Å². The molecule has 0 aromatic rings. The van der Waals surface area contributed by atoms with Crippen LogP contribution in [-0.2, 0) is 38.0 Å². The number of methoxy groups -OCH3 is 2. The van der Waals surface area contributed by atoms with Gasteiger partial charge in [-0.05, 0) is 25.7 Å². The van der Waals surface area contributed by atoms with Crippen LogP contribution in [0.2, 0.25) is 0 Å². The van der Waals surface area contributed by atoms with Gasteiger partial charge in [-0.1, -0.05) is 27.7 Å². The molecule has 0 aromatic carbocycles. The van der Waals surface area contributed by atoms with E-state index < -0.39 is 23.4 Å². The second-order valence-electron chi connectivity index (χ2n) is 11.3. The smallest absolute Gasteiger partial charge is 0.308 e. The van der Waals surface area contributed by atoms with Crippen molar-refractivity contribution in [1.29, 1.82) is 0 Å². The first-order valence-electron chi connectivity index (χ1n) is 12.3. The zero-order valence-electron chi connectivity index (χ0n) is 22.0. The zero-order valence-corrected chi connectivity index (χ0v) is 22.0. The Balaban J connectivity index is 0.000000269. The predicted octanol–water partition coefficient (Wildman–Crippen LogP) is 1.89. The first kappa shape index (κ1) is 29.9. The molecule has 3 fully saturated rings. The van der Waals surface area contributed by atoms with Gasteiger partial charge in [0.25, 0.3) is 0 Å². The van der Waals surface area contributed by atoms with E-state index >= 15 is 0 Å². The van der Waals surface area contributed by atoms with Crippen molar-refractivity contribution in [3.8, 4) is 0 Å². The predicted molar refractivity (Wildman–Crippen MR) is 125 cm³/mol. The van der Waals surface area contributed by atoms with Gasteiger partial charge in [0.1, 0.15) is 0 Å². The summed E-state index contributed by atoms with van der Waals surface area (Å²) in [6.07, 6.45) is 2.08. The summed E-state index contributed by atoms with van der Waals surface area (Å²) in [7, 11) is 2.80. The highest BCUT2D eigenvalue weighted by Crippen LogP contribution is 2.38. The Hall–Kier alpha value is -1.30. The summed E-state index contributed by atoms with van der Waals surface area (Å²) in [5.41, 5.74) is -1.16. The molecular formula is C25H44O10. The van der Waals surface area contributed by atoms with E-state index in [0.29, 0.717) is 26.4 Å². The molecule has 204 valence electrons. The number of esters is 2. The Labute approximate surface area is 208 Å². The molecule has 1 spiro atoms. The Bertz CT molecular complexity index is 606. The number of ether oxygens (including phenoxy) is 6. The van der Waals surface area contributed by atoms with Gasteiger partial charge < -0.3 is 38.6 Å². The fourth-order valence-electron chi connectivity index (χ4n) is 4.31. The van der Waals surface area contributed by atoms with Crippen LogP contribution in [0.15, 0.2) is 0 Å². The minimum atomic E-state index is -0.431. The van der Waals surface area contributed by atoms with Crippen molar-refractivity contribution in [1.82, 2.24) is 0 Å². The number of carbonyl (C=O) groups is 2. The van der Waals surface area contributed by atoms with Crippen LogP contribution < -0.4 is 0 Å². The number of hydrogen-bond acceptors (Lipinski definition) is 10. The quantitative estimate of drug-likeness (QED) is 0.517. The molecule has 0 aromatic heterocycles. The largest absolute Gasteiger partial charge is 0.469 e. The SMILES string of the molecule is CC(C)(CO)C1OCC2(CO1)COC(C(C)(C)CO)OC2.COC(=O)C1CCC(C(=O)OC)CC1. The Morgan fingerprint density at radius 3 is 1.23 bits per heavy atom. The van der Waals surface area contributed by atoms with Crippen molar-refractivity contribution in [2.45, 2.75) is 66.0 Å². The van der Waals surface area contributed by atoms with Crippen molar-refractivity contribution in [3.05, 3.63) is 0 Å². The van der Waals surface area contributed by atoms with Gasteiger partial charge in [-0.25, -0.2) is 0 Å². The lowest BCUT2D eigenvalue weighted by Crippen LogP contribution is -2.56. The summed E-state index contributed by atoms with van der Waals surface area (Å²) in [5.74, 6) is -0.372. The van der Waals surface area contributed by atoms with Crippen molar-refractivity contribution >= 4 is 11.9 Å². The Morgan fingerprint density at radius 1 is 0.714 bits per heavy atom. The summed E-state index contributed by atoms with van der Waals surface area (Å²) in [6, 6.07) is 0. The van der Waals surface area contributed by atoms with E-state index in [1.807, 2.05) is 27.7 Å². The molecule has 10 heteroatoms. The second kappa shape index (κ2) is 12.8. The van der Waals surface area contributed by atoms with Gasteiger partial charge in [-0.15, -0.1) is 0 Å². The zero-order chi connectivity index (χ0) is 26.3. The van der Waals surface area contributed by atoms with E-state index in [2.05, 4.69) is 9.47 Å². The first-order chi connectivity index (χ1) is 16.4. The maximum Gasteiger partial charge on any atom is 0.308 e. The van der Waals surface area contributed by atoms with Gasteiger partial charge in [-0.3, -0.25) is 9.59 Å². The molecule has 0 radical (unpaired) electrons. The van der Waals surface area contributed by atoms with E-state index in [1.165, 1.54) is 14.2 Å². The van der Waals surface area contributed by atoms with Crippen molar-refractivity contribution < 1.29 is 48.2 Å². The topological polar surface area (TPSA) is 130 Å². The number of carbonyl (C=O) groups excluding carboxylic acids is 2. The molecule has 2 heterocycles. The van der Waals surface area contributed by atoms with Gasteiger partial charge in [0, 0.05) is 10.8 Å². The molecule has 2 aliphatic heterocycles. The summed E-state index contributed by atoms with van der Waals surface area (Å²) in [4.78, 5) is 22.3. The Morgan fingerprint density at radius 2 is 1.00 bits per heavy atom. The fraction of sp³-hybridized carbons (Fsp3) is 0.920. The minimum Gasteiger partial charge on any atom is -0.469 e. The van der Waals surface area contributed by atoms with Crippen molar-refractivity contribution in [2.24, 2.45) is 28.1 Å². The monoisotopic (exact) mass is 504 g/mol. The van der Waals surface area contributed by atoms with E-state index in [9.17, 15) is 19.8 Å². The van der Waals surface area contributed by atoms with Gasteiger partial charge in [-0.2, -0.15) is 0 Å². The van der Waals surface area contributed by atoms with E-state index in [0.717, 1.165) is 25.7 Å². The van der Waals surface area contributed by atoms with Gasteiger partial charge >= 0.3 is 11.9 Å². The van der Waals surface area contributed by atoms with Gasteiger partial charge in [0.2, 0.25) is 0 Å². The molecule has 35 heavy (non-hydrogen) atoms. The lowest BCUT2D eigenvalue weighted by molar-refractivity contribution is -0.337. The maximum absolute atomic E-state index is 11.2. The van der Waals surface area contributed by atoms with Crippen molar-refractivity contribution in [3.63, 3.8) is 0 Å². The maximum atomic E-state index is 11.2. The van der Waals surface area contributed by atoms with E-state index in [1.54, 1.807) is 0 Å². The summed E-state index contributed by atoms with van der Waals surface area (Å²) < 4.78 is 32.4. The van der Waals surface area contributed by atoms with Gasteiger partial charge in [0.15, 0.2) is 12.6 Å². The van der Waals surface area contributed by atoms with Crippen LogP contribution in [-0.4, -0.2) is 88.6 Å². The second-order valence-corrected chi connectivity index (χ2v) is 11.3. The van der Waals surface area contributed by atoms with Crippen LogP contribution in [0.1, 0.15) is 53.4 Å². The van der Waals surface area contributed by atoms with Crippen molar-refractivity contribution in [2.75, 3.05) is 53.9 Å². The van der Waals surface area contributed by atoms with Crippen LogP contribution in [0, 0.1) is 28.1 Å². The number of aliphatic hydroxyl groups is 2. The molecule has 10 nitrogen and oxygen atoms in total. The third kappa shape index (κ3) is 7.84. The van der Waals surface area contributed by atoms with Crippen LogP contribution >= 0.6 is 0 Å². The van der Waals surface area contributed by atoms with Crippen LogP contribution in [0.25, 0.3) is 0 Å². The number of rotatable bonds is 6. The molecule has 0 bridgehead atoms. The molecule has 0 atom stereocenters. The minimum absolute atomic E-state index is 0.00440. The average molecular weight is 505 g/mol. The fourth-order valence-corrected chi connectivity index (χ4v) is 4.31. The number of aliphatic hydroxyl groups excluding tert-OH is 2. The molecular weight excluding hydrogens is 460 g/mol. The highest BCUT2D eigenvalue weighted by atomic mass is 16.7. The average Bonchev–Trinajstić information content (AvgIpc) is 2.88. The third-order valence-electron chi connectivity index (χ3n) is 7.05. The molecule has 3 rings (SSSR count). The van der Waals surface area contributed by atoms with Gasteiger partial charge in [0.05, 0.1) is 71.1 Å². The lowest BCUT2D eigenvalue weighted by Gasteiger charge is -2.48. The highest BCUT2D eigenvalue weighted by molar-refractivity contribution is 5.75. The molecule has 1 aliphatic carbocycles. The summed E-state index contributed by atoms with van der Waals surface area (Å²) in [6.45, 7) is 9.55. The van der Waals surface area contributed by atoms with Crippen LogP contribution in [0.3, 0.4) is 0 Å². The third-order valence-corrected chi connectivity index (χ3v) is 7.05. The first-order valence-corrected chi connectivity index (χ1v) is 12.3. The molecule has 0 unspecified atom stereocenters. The summed E-state index contributed by atoms with van der Waals surface area (Å²) in [5, 5.41) is 18.7. The van der Waals surface area contributed by atoms with Crippen LogP contribution in [0.5, 0.6) is 0 Å². The number of hydrogen-bond donors (Lipinski definition) is 2. The molecule has 3 aliphatic rings. The van der Waals surface area contributed by atoms with E-state index in [4.69, 9.17) is 18.9 Å². The Kier molecular flexibility index (Phi) is 10.9. The molecule has 1 saturated carbocycles. The molecule has 0 amide bonds. The molecule has 2 N–H and O–H groups in total. The standard InChI is InChI=1S/C15H28O6.C10H16O4/c1-13(2,5-16)11-18-7-15(8-19-11)9-20-12(21-10-15)14(3,4)6-17;1-13-9(11)7-3-5-8(6-4-7)10(12)14-2/h11-12,16-17H,5-10H2,1-4H3;7-8H,3-6H2,1-2H3. The normalized spacial score (nSPS) is 31.8. The highest BCUT2D eigenvalue weighted by Gasteiger charge is 2.47. The lowest BCUT2D eigenvalue weighted by atomic mass is 9.82. The van der Waals surface area contributed by atoms with Crippen LogP contribution in [0.4, 0.5) is 0 Å². The molecule has 2 saturated heterocycles.